The van der Waals surface area contributed by atoms with Gasteiger partial charge in [-0.1, -0.05) is 48.6 Å². The summed E-state index contributed by atoms with van der Waals surface area (Å²) in [7, 11) is 0. The maximum atomic E-state index is 11.3. The van der Waals surface area contributed by atoms with Gasteiger partial charge in [-0.3, -0.25) is 4.79 Å². The molecule has 4 atom stereocenters. The molecule has 0 saturated heterocycles. The SMILES string of the molecule is CC(=O)O[C@H](C[C@H](O)C[C@@H](O)/C=C/c1ccccc1)C[C@H]1CC=CC(=O)O1. The lowest BCUT2D eigenvalue weighted by atomic mass is 9.99. The summed E-state index contributed by atoms with van der Waals surface area (Å²) in [6.07, 6.45) is 4.95. The molecule has 1 aromatic rings. The third-order valence-electron chi connectivity index (χ3n) is 4.15. The topological polar surface area (TPSA) is 93.1 Å². The fraction of sp³-hybridized carbons (Fsp3) is 0.429. The highest BCUT2D eigenvalue weighted by molar-refractivity contribution is 5.82. The summed E-state index contributed by atoms with van der Waals surface area (Å²) < 4.78 is 10.4. The molecule has 2 N–H and O–H groups in total. The van der Waals surface area contributed by atoms with Crippen LogP contribution in [0.5, 0.6) is 0 Å². The van der Waals surface area contributed by atoms with E-state index in [4.69, 9.17) is 9.47 Å². The maximum absolute atomic E-state index is 11.3. The van der Waals surface area contributed by atoms with Gasteiger partial charge in [0.2, 0.25) is 0 Å². The Balaban J connectivity index is 1.85. The molecule has 0 aliphatic carbocycles. The molecule has 6 heteroatoms. The Bertz CT molecular complexity index is 667. The van der Waals surface area contributed by atoms with Gasteiger partial charge >= 0.3 is 11.9 Å². The van der Waals surface area contributed by atoms with Crippen LogP contribution < -0.4 is 0 Å². The standard InChI is InChI=1S/C21H26O6/c1-15(22)26-20(14-19-8-5-9-21(25)27-19)13-18(24)12-17(23)11-10-16-6-3-2-4-7-16/h2-7,9-11,17-20,23-24H,8,12-14H2,1H3/b11-10+/t17-,18+,19+,20+/m0/s1. The number of carbonyl (C=O) groups is 2. The van der Waals surface area contributed by atoms with Crippen LogP contribution >= 0.6 is 0 Å². The summed E-state index contributed by atoms with van der Waals surface area (Å²) >= 11 is 0. The second-order valence-electron chi connectivity index (χ2n) is 6.63. The summed E-state index contributed by atoms with van der Waals surface area (Å²) in [5, 5.41) is 20.4. The number of hydrogen-bond acceptors (Lipinski definition) is 6. The fourth-order valence-electron chi connectivity index (χ4n) is 2.98. The first kappa shape index (κ1) is 20.9. The summed E-state index contributed by atoms with van der Waals surface area (Å²) in [4.78, 5) is 22.7. The van der Waals surface area contributed by atoms with Gasteiger partial charge in [-0.2, -0.15) is 0 Å². The number of esters is 2. The van der Waals surface area contributed by atoms with Crippen molar-refractivity contribution in [3.63, 3.8) is 0 Å². The average Bonchev–Trinajstić information content (AvgIpc) is 2.60. The largest absolute Gasteiger partial charge is 0.462 e. The molecule has 0 fully saturated rings. The minimum absolute atomic E-state index is 0.117. The number of hydrogen-bond donors (Lipinski definition) is 2. The molecule has 1 aromatic carbocycles. The Kier molecular flexibility index (Phi) is 8.23. The van der Waals surface area contributed by atoms with Gasteiger partial charge < -0.3 is 19.7 Å². The first-order valence-electron chi connectivity index (χ1n) is 9.06. The van der Waals surface area contributed by atoms with Crippen molar-refractivity contribution in [2.45, 2.75) is 57.0 Å². The van der Waals surface area contributed by atoms with Gasteiger partial charge in [0.1, 0.15) is 12.2 Å². The number of rotatable bonds is 9. The van der Waals surface area contributed by atoms with E-state index in [-0.39, 0.29) is 18.9 Å². The van der Waals surface area contributed by atoms with Crippen LogP contribution in [0.4, 0.5) is 0 Å². The molecular weight excluding hydrogens is 348 g/mol. The number of cyclic esters (lactones) is 1. The highest BCUT2D eigenvalue weighted by atomic mass is 16.6. The molecule has 1 aliphatic rings. The van der Waals surface area contributed by atoms with Crippen molar-refractivity contribution < 1.29 is 29.3 Å². The Hall–Kier alpha value is -2.44. The van der Waals surface area contributed by atoms with Gasteiger partial charge in [-0.25, -0.2) is 4.79 Å². The lowest BCUT2D eigenvalue weighted by Crippen LogP contribution is -2.31. The molecule has 1 aliphatic heterocycles. The van der Waals surface area contributed by atoms with Crippen LogP contribution in [-0.2, 0) is 19.1 Å². The first-order chi connectivity index (χ1) is 12.9. The molecule has 0 radical (unpaired) electrons. The minimum atomic E-state index is -0.861. The zero-order chi connectivity index (χ0) is 19.6. The van der Waals surface area contributed by atoms with E-state index in [0.717, 1.165) is 5.56 Å². The van der Waals surface area contributed by atoms with Crippen LogP contribution in [0.25, 0.3) is 6.08 Å². The van der Waals surface area contributed by atoms with Crippen molar-refractivity contribution in [1.82, 2.24) is 0 Å². The van der Waals surface area contributed by atoms with E-state index in [1.165, 1.54) is 13.0 Å². The van der Waals surface area contributed by atoms with Crippen LogP contribution in [0.2, 0.25) is 0 Å². The molecule has 0 amide bonds. The van der Waals surface area contributed by atoms with Crippen molar-refractivity contribution >= 4 is 18.0 Å². The number of benzene rings is 1. The predicted molar refractivity (Wildman–Crippen MR) is 101 cm³/mol. The quantitative estimate of drug-likeness (QED) is 0.645. The van der Waals surface area contributed by atoms with E-state index in [2.05, 4.69) is 0 Å². The smallest absolute Gasteiger partial charge is 0.330 e. The Labute approximate surface area is 159 Å². The monoisotopic (exact) mass is 374 g/mol. The van der Waals surface area contributed by atoms with Crippen LogP contribution in [-0.4, -0.2) is 46.6 Å². The lowest BCUT2D eigenvalue weighted by molar-refractivity contribution is -0.153. The van der Waals surface area contributed by atoms with Crippen LogP contribution in [0.3, 0.4) is 0 Å². The van der Waals surface area contributed by atoms with Gasteiger partial charge in [0.25, 0.3) is 0 Å². The third kappa shape index (κ3) is 8.19. The summed E-state index contributed by atoms with van der Waals surface area (Å²) in [5.74, 6) is -0.885. The number of aliphatic hydroxyl groups is 2. The second kappa shape index (κ2) is 10.6. The van der Waals surface area contributed by atoms with Gasteiger partial charge in [0, 0.05) is 38.7 Å². The van der Waals surface area contributed by atoms with Crippen molar-refractivity contribution in [3.05, 3.63) is 54.1 Å². The molecule has 2 rings (SSSR count). The Morgan fingerprint density at radius 1 is 1.30 bits per heavy atom. The highest BCUT2D eigenvalue weighted by Crippen LogP contribution is 2.20. The van der Waals surface area contributed by atoms with E-state index in [1.807, 2.05) is 30.3 Å². The van der Waals surface area contributed by atoms with E-state index < -0.39 is 30.3 Å². The van der Waals surface area contributed by atoms with Crippen molar-refractivity contribution in [1.29, 1.82) is 0 Å². The summed E-state index contributed by atoms with van der Waals surface area (Å²) in [6.45, 7) is 1.30. The molecule has 0 aromatic heterocycles. The number of ether oxygens (including phenoxy) is 2. The highest BCUT2D eigenvalue weighted by Gasteiger charge is 2.25. The molecule has 1 heterocycles. The van der Waals surface area contributed by atoms with Crippen molar-refractivity contribution in [2.24, 2.45) is 0 Å². The zero-order valence-electron chi connectivity index (χ0n) is 15.4. The number of carbonyl (C=O) groups excluding carboxylic acids is 2. The Morgan fingerprint density at radius 3 is 2.70 bits per heavy atom. The fourth-order valence-corrected chi connectivity index (χ4v) is 2.98. The summed E-state index contributed by atoms with van der Waals surface area (Å²) in [5.41, 5.74) is 0.955. The lowest BCUT2D eigenvalue weighted by Gasteiger charge is -2.26. The van der Waals surface area contributed by atoms with E-state index in [0.29, 0.717) is 12.8 Å². The van der Waals surface area contributed by atoms with Gasteiger partial charge in [0.05, 0.1) is 12.2 Å². The van der Waals surface area contributed by atoms with Crippen molar-refractivity contribution in [2.75, 3.05) is 0 Å². The normalized spacial score (nSPS) is 20.1. The molecule has 0 bridgehead atoms. The van der Waals surface area contributed by atoms with Crippen LogP contribution in [0.15, 0.2) is 48.6 Å². The van der Waals surface area contributed by atoms with E-state index in [1.54, 1.807) is 18.2 Å². The molecular formula is C21H26O6. The van der Waals surface area contributed by atoms with Crippen LogP contribution in [0.1, 0.15) is 38.2 Å². The molecule has 0 unspecified atom stereocenters. The van der Waals surface area contributed by atoms with Crippen LogP contribution in [0, 0.1) is 0 Å². The molecule has 0 saturated carbocycles. The first-order valence-corrected chi connectivity index (χ1v) is 9.06. The van der Waals surface area contributed by atoms with Crippen molar-refractivity contribution in [3.8, 4) is 0 Å². The Morgan fingerprint density at radius 2 is 2.04 bits per heavy atom. The minimum Gasteiger partial charge on any atom is -0.462 e. The van der Waals surface area contributed by atoms with Gasteiger partial charge in [-0.05, 0) is 5.56 Å². The molecule has 6 nitrogen and oxygen atoms in total. The second-order valence-corrected chi connectivity index (χ2v) is 6.63. The molecule has 27 heavy (non-hydrogen) atoms. The third-order valence-corrected chi connectivity index (χ3v) is 4.15. The van der Waals surface area contributed by atoms with Gasteiger partial charge in [-0.15, -0.1) is 0 Å². The molecule has 146 valence electrons. The van der Waals surface area contributed by atoms with E-state index >= 15 is 0 Å². The zero-order valence-corrected chi connectivity index (χ0v) is 15.4. The molecule has 0 spiro atoms. The maximum Gasteiger partial charge on any atom is 0.330 e. The van der Waals surface area contributed by atoms with Gasteiger partial charge in [0.15, 0.2) is 0 Å². The van der Waals surface area contributed by atoms with E-state index in [9.17, 15) is 19.8 Å². The average molecular weight is 374 g/mol. The summed E-state index contributed by atoms with van der Waals surface area (Å²) in [6, 6.07) is 9.54. The number of aliphatic hydroxyl groups excluding tert-OH is 2. The predicted octanol–water partition coefficient (Wildman–Crippen LogP) is 2.40.